The molecule has 0 radical (unpaired) electrons. The SMILES string of the molecule is CCOC(=O)CCN(CC1CC1)C(=O)c1cccc(S(=O)(=O)N2CCCCC2C)c1. The van der Waals surface area contributed by atoms with Gasteiger partial charge in [-0.3, -0.25) is 9.59 Å². The highest BCUT2D eigenvalue weighted by Gasteiger charge is 2.32. The van der Waals surface area contributed by atoms with E-state index in [1.165, 1.54) is 6.07 Å². The van der Waals surface area contributed by atoms with Crippen LogP contribution in [0.15, 0.2) is 29.2 Å². The molecule has 0 spiro atoms. The van der Waals surface area contributed by atoms with E-state index in [2.05, 4.69) is 0 Å². The van der Waals surface area contributed by atoms with Gasteiger partial charge >= 0.3 is 5.97 Å². The fraction of sp³-hybridized carbons (Fsp3) is 0.636. The Morgan fingerprint density at radius 3 is 2.63 bits per heavy atom. The zero-order chi connectivity index (χ0) is 21.7. The summed E-state index contributed by atoms with van der Waals surface area (Å²) in [6.07, 6.45) is 5.01. The van der Waals surface area contributed by atoms with Crippen molar-refractivity contribution in [3.05, 3.63) is 29.8 Å². The van der Waals surface area contributed by atoms with Gasteiger partial charge in [0, 0.05) is 31.2 Å². The highest BCUT2D eigenvalue weighted by atomic mass is 32.2. The summed E-state index contributed by atoms with van der Waals surface area (Å²) in [5.41, 5.74) is 0.338. The van der Waals surface area contributed by atoms with E-state index in [1.807, 2.05) is 6.92 Å². The third-order valence-electron chi connectivity index (χ3n) is 5.78. The van der Waals surface area contributed by atoms with Gasteiger partial charge in [-0.25, -0.2) is 8.42 Å². The molecule has 1 amide bonds. The number of rotatable bonds is 9. The Bertz CT molecular complexity index is 866. The lowest BCUT2D eigenvalue weighted by Crippen LogP contribution is -2.42. The van der Waals surface area contributed by atoms with E-state index in [-0.39, 0.29) is 35.8 Å². The van der Waals surface area contributed by atoms with Crippen LogP contribution in [-0.4, -0.2) is 61.8 Å². The summed E-state index contributed by atoms with van der Waals surface area (Å²) >= 11 is 0. The summed E-state index contributed by atoms with van der Waals surface area (Å²) in [6.45, 7) is 5.35. The first-order valence-electron chi connectivity index (χ1n) is 10.9. The molecule has 0 N–H and O–H groups in total. The molecule has 1 saturated heterocycles. The van der Waals surface area contributed by atoms with Crippen molar-refractivity contribution in [1.82, 2.24) is 9.21 Å². The first-order chi connectivity index (χ1) is 14.3. The number of esters is 1. The molecule has 1 saturated carbocycles. The molecule has 3 rings (SSSR count). The third-order valence-corrected chi connectivity index (χ3v) is 7.79. The predicted molar refractivity (Wildman–Crippen MR) is 114 cm³/mol. The van der Waals surface area contributed by atoms with Gasteiger partial charge in [0.25, 0.3) is 5.91 Å². The summed E-state index contributed by atoms with van der Waals surface area (Å²) in [6, 6.07) is 6.25. The number of benzene rings is 1. The molecule has 166 valence electrons. The van der Waals surface area contributed by atoms with Gasteiger partial charge < -0.3 is 9.64 Å². The van der Waals surface area contributed by atoms with Gasteiger partial charge in [0.05, 0.1) is 17.9 Å². The number of hydrogen-bond donors (Lipinski definition) is 0. The number of hydrogen-bond acceptors (Lipinski definition) is 5. The largest absolute Gasteiger partial charge is 0.466 e. The van der Waals surface area contributed by atoms with Crippen LogP contribution in [-0.2, 0) is 19.6 Å². The van der Waals surface area contributed by atoms with Crippen LogP contribution in [0.4, 0.5) is 0 Å². The Balaban J connectivity index is 1.78. The average molecular weight is 437 g/mol. The van der Waals surface area contributed by atoms with Crippen molar-refractivity contribution in [2.45, 2.75) is 63.3 Å². The molecular weight excluding hydrogens is 404 g/mol. The molecule has 1 heterocycles. The molecule has 1 unspecified atom stereocenters. The van der Waals surface area contributed by atoms with Gasteiger partial charge in [0.15, 0.2) is 0 Å². The van der Waals surface area contributed by atoms with Crippen molar-refractivity contribution >= 4 is 21.9 Å². The van der Waals surface area contributed by atoms with Crippen molar-refractivity contribution in [3.63, 3.8) is 0 Å². The second kappa shape index (κ2) is 9.92. The maximum absolute atomic E-state index is 13.2. The molecule has 0 bridgehead atoms. The minimum atomic E-state index is -3.65. The molecule has 2 fully saturated rings. The third kappa shape index (κ3) is 5.60. The number of carbonyl (C=O) groups is 2. The first kappa shape index (κ1) is 22.7. The van der Waals surface area contributed by atoms with Crippen LogP contribution in [0.3, 0.4) is 0 Å². The van der Waals surface area contributed by atoms with E-state index in [0.29, 0.717) is 31.2 Å². The fourth-order valence-electron chi connectivity index (χ4n) is 3.88. The van der Waals surface area contributed by atoms with Gasteiger partial charge in [-0.1, -0.05) is 12.5 Å². The van der Waals surface area contributed by atoms with E-state index in [9.17, 15) is 18.0 Å². The Hall–Kier alpha value is -1.93. The van der Waals surface area contributed by atoms with E-state index in [4.69, 9.17) is 4.74 Å². The second-order valence-electron chi connectivity index (χ2n) is 8.24. The molecule has 8 heteroatoms. The number of piperidine rings is 1. The van der Waals surface area contributed by atoms with Crippen molar-refractivity contribution in [1.29, 1.82) is 0 Å². The van der Waals surface area contributed by atoms with Gasteiger partial charge in [0.1, 0.15) is 0 Å². The number of sulfonamides is 1. The summed E-state index contributed by atoms with van der Waals surface area (Å²) in [5.74, 6) is -0.117. The Morgan fingerprint density at radius 1 is 1.20 bits per heavy atom. The molecule has 1 aliphatic carbocycles. The van der Waals surface area contributed by atoms with Crippen molar-refractivity contribution in [2.75, 3.05) is 26.2 Å². The summed E-state index contributed by atoms with van der Waals surface area (Å²) in [5, 5.41) is 0. The highest BCUT2D eigenvalue weighted by molar-refractivity contribution is 7.89. The summed E-state index contributed by atoms with van der Waals surface area (Å²) < 4.78 is 32.8. The molecule has 1 aliphatic heterocycles. The Kier molecular flexibility index (Phi) is 7.52. The van der Waals surface area contributed by atoms with Gasteiger partial charge in [-0.15, -0.1) is 0 Å². The van der Waals surface area contributed by atoms with E-state index in [1.54, 1.807) is 34.3 Å². The summed E-state index contributed by atoms with van der Waals surface area (Å²) in [4.78, 5) is 26.7. The molecule has 30 heavy (non-hydrogen) atoms. The normalized spacial score (nSPS) is 20.0. The number of ether oxygens (including phenoxy) is 1. The average Bonchev–Trinajstić information content (AvgIpc) is 3.55. The van der Waals surface area contributed by atoms with E-state index >= 15 is 0 Å². The van der Waals surface area contributed by atoms with Gasteiger partial charge in [-0.05, 0) is 63.6 Å². The Labute approximate surface area is 179 Å². The number of nitrogens with zero attached hydrogens (tertiary/aromatic N) is 2. The maximum Gasteiger partial charge on any atom is 0.307 e. The van der Waals surface area contributed by atoms with Crippen molar-refractivity contribution in [3.8, 4) is 0 Å². The molecule has 7 nitrogen and oxygen atoms in total. The van der Waals surface area contributed by atoms with Crippen LogP contribution >= 0.6 is 0 Å². The first-order valence-corrected chi connectivity index (χ1v) is 12.3. The monoisotopic (exact) mass is 436 g/mol. The van der Waals surface area contributed by atoms with Crippen LogP contribution in [0.25, 0.3) is 0 Å². The zero-order valence-electron chi connectivity index (χ0n) is 17.9. The highest BCUT2D eigenvalue weighted by Crippen LogP contribution is 2.31. The summed E-state index contributed by atoms with van der Waals surface area (Å²) in [7, 11) is -3.65. The van der Waals surface area contributed by atoms with Gasteiger partial charge in [-0.2, -0.15) is 4.31 Å². The van der Waals surface area contributed by atoms with Crippen molar-refractivity contribution < 1.29 is 22.7 Å². The van der Waals surface area contributed by atoms with Gasteiger partial charge in [0.2, 0.25) is 10.0 Å². The second-order valence-corrected chi connectivity index (χ2v) is 10.1. The predicted octanol–water partition coefficient (Wildman–Crippen LogP) is 3.06. The molecule has 2 aliphatic rings. The minimum absolute atomic E-state index is 0.0425. The lowest BCUT2D eigenvalue weighted by molar-refractivity contribution is -0.143. The van der Waals surface area contributed by atoms with Crippen LogP contribution in [0.5, 0.6) is 0 Å². The van der Waals surface area contributed by atoms with Crippen LogP contribution in [0.2, 0.25) is 0 Å². The van der Waals surface area contributed by atoms with E-state index in [0.717, 1.165) is 32.1 Å². The van der Waals surface area contributed by atoms with Crippen LogP contribution in [0.1, 0.15) is 62.7 Å². The molecule has 0 aromatic heterocycles. The standard InChI is InChI=1S/C22H32N2O5S/c1-3-29-21(25)12-14-23(16-18-10-11-18)22(26)19-8-6-9-20(15-19)30(27,28)24-13-5-4-7-17(24)2/h6,8-9,15,17-18H,3-5,7,10-14,16H2,1-2H3. The molecule has 1 aromatic rings. The molecular formula is C22H32N2O5S. The molecule has 1 aromatic carbocycles. The van der Waals surface area contributed by atoms with Crippen LogP contribution in [0, 0.1) is 5.92 Å². The quantitative estimate of drug-likeness (QED) is 0.556. The van der Waals surface area contributed by atoms with Crippen molar-refractivity contribution in [2.24, 2.45) is 5.92 Å². The number of carbonyl (C=O) groups excluding carboxylic acids is 2. The lowest BCUT2D eigenvalue weighted by Gasteiger charge is -2.32. The van der Waals surface area contributed by atoms with E-state index < -0.39 is 10.0 Å². The minimum Gasteiger partial charge on any atom is -0.466 e. The smallest absolute Gasteiger partial charge is 0.307 e. The lowest BCUT2D eigenvalue weighted by atomic mass is 10.1. The maximum atomic E-state index is 13.2. The van der Waals surface area contributed by atoms with Crippen LogP contribution < -0.4 is 0 Å². The topological polar surface area (TPSA) is 84.0 Å². The Morgan fingerprint density at radius 2 is 1.97 bits per heavy atom. The zero-order valence-corrected chi connectivity index (χ0v) is 18.7. The fourth-order valence-corrected chi connectivity index (χ4v) is 5.63. The number of amides is 1. The molecule has 1 atom stereocenters.